The van der Waals surface area contributed by atoms with Gasteiger partial charge in [0.2, 0.25) is 0 Å². The van der Waals surface area contributed by atoms with Crippen LogP contribution in [0, 0.1) is 5.82 Å². The van der Waals surface area contributed by atoms with Crippen LogP contribution in [0.5, 0.6) is 5.75 Å². The predicted octanol–water partition coefficient (Wildman–Crippen LogP) is 4.54. The third-order valence-corrected chi connectivity index (χ3v) is 3.57. The Morgan fingerprint density at radius 3 is 2.75 bits per heavy atom. The molecule has 0 bridgehead atoms. The van der Waals surface area contributed by atoms with E-state index < -0.39 is 5.82 Å². The molecule has 0 aliphatic rings. The van der Waals surface area contributed by atoms with Crippen LogP contribution in [0.4, 0.5) is 4.39 Å². The Morgan fingerprint density at radius 2 is 2.05 bits per heavy atom. The normalized spacial score (nSPS) is 10.6. The van der Waals surface area contributed by atoms with Crippen molar-refractivity contribution in [2.24, 2.45) is 0 Å². The van der Waals surface area contributed by atoms with E-state index in [4.69, 9.17) is 16.3 Å². The summed E-state index contributed by atoms with van der Waals surface area (Å²) in [7, 11) is 1.87. The van der Waals surface area contributed by atoms with E-state index in [0.717, 1.165) is 21.3 Å². The molecule has 5 heteroatoms. The molecule has 0 amide bonds. The lowest BCUT2D eigenvalue weighted by atomic mass is 10.2. The first kappa shape index (κ1) is 15.3. The van der Waals surface area contributed by atoms with Crippen molar-refractivity contribution in [3.63, 3.8) is 0 Å². The number of nitrogens with one attached hydrogen (secondary N) is 1. The molecule has 0 aliphatic carbocycles. The molecule has 0 saturated heterocycles. The van der Waals surface area contributed by atoms with Crippen LogP contribution >= 0.6 is 27.5 Å². The van der Waals surface area contributed by atoms with Gasteiger partial charge >= 0.3 is 0 Å². The molecule has 0 unspecified atom stereocenters. The largest absolute Gasteiger partial charge is 0.489 e. The van der Waals surface area contributed by atoms with Gasteiger partial charge in [0, 0.05) is 16.6 Å². The highest BCUT2D eigenvalue weighted by molar-refractivity contribution is 9.10. The smallest absolute Gasteiger partial charge is 0.142 e. The average Bonchev–Trinajstić information content (AvgIpc) is 2.42. The van der Waals surface area contributed by atoms with Gasteiger partial charge in [0.05, 0.1) is 5.02 Å². The second-order valence-electron chi connectivity index (χ2n) is 4.32. The molecule has 2 rings (SSSR count). The van der Waals surface area contributed by atoms with E-state index in [0.29, 0.717) is 13.2 Å². The Labute approximate surface area is 131 Å². The third-order valence-electron chi connectivity index (χ3n) is 2.77. The van der Waals surface area contributed by atoms with Crippen LogP contribution in [-0.4, -0.2) is 7.05 Å². The second-order valence-corrected chi connectivity index (χ2v) is 5.64. The molecule has 0 atom stereocenters. The molecule has 0 fully saturated rings. The van der Waals surface area contributed by atoms with Gasteiger partial charge in [-0.25, -0.2) is 4.39 Å². The molecular formula is C15H14BrClFNO. The van der Waals surface area contributed by atoms with Gasteiger partial charge < -0.3 is 10.1 Å². The minimum absolute atomic E-state index is 0.119. The first-order valence-corrected chi connectivity index (χ1v) is 7.27. The Bertz CT molecular complexity index is 606. The summed E-state index contributed by atoms with van der Waals surface area (Å²) in [5.41, 5.74) is 1.78. The highest BCUT2D eigenvalue weighted by Crippen LogP contribution is 2.24. The number of hydrogen-bond donors (Lipinski definition) is 1. The molecular weight excluding hydrogens is 345 g/mol. The number of rotatable bonds is 5. The Balaban J connectivity index is 2.11. The van der Waals surface area contributed by atoms with Gasteiger partial charge in [0.1, 0.15) is 18.2 Å². The van der Waals surface area contributed by atoms with E-state index in [-0.39, 0.29) is 5.02 Å². The molecule has 0 radical (unpaired) electrons. The zero-order chi connectivity index (χ0) is 14.5. The summed E-state index contributed by atoms with van der Waals surface area (Å²) < 4.78 is 20.1. The minimum atomic E-state index is -0.431. The summed E-state index contributed by atoms with van der Waals surface area (Å²) in [6.45, 7) is 0.996. The molecule has 0 aliphatic heterocycles. The molecule has 0 aromatic heterocycles. The standard InChI is InChI=1S/C15H14BrClFNO/c1-19-8-11-7-12(16)3-5-15(11)20-9-10-2-4-13(17)14(18)6-10/h2-7,19H,8-9H2,1H3. The van der Waals surface area contributed by atoms with E-state index in [1.54, 1.807) is 6.07 Å². The summed E-state index contributed by atoms with van der Waals surface area (Å²) >= 11 is 9.08. The fraction of sp³-hybridized carbons (Fsp3) is 0.200. The van der Waals surface area contributed by atoms with Crippen molar-refractivity contribution in [2.75, 3.05) is 7.05 Å². The van der Waals surface area contributed by atoms with Gasteiger partial charge in [-0.2, -0.15) is 0 Å². The monoisotopic (exact) mass is 357 g/mol. The second kappa shape index (κ2) is 7.07. The average molecular weight is 359 g/mol. The van der Waals surface area contributed by atoms with Crippen molar-refractivity contribution < 1.29 is 9.13 Å². The lowest BCUT2D eigenvalue weighted by Gasteiger charge is -2.12. The Morgan fingerprint density at radius 1 is 1.25 bits per heavy atom. The van der Waals surface area contributed by atoms with Crippen LogP contribution in [0.15, 0.2) is 40.9 Å². The lowest BCUT2D eigenvalue weighted by molar-refractivity contribution is 0.301. The molecule has 106 valence electrons. The van der Waals surface area contributed by atoms with Crippen molar-refractivity contribution >= 4 is 27.5 Å². The molecule has 2 aromatic carbocycles. The van der Waals surface area contributed by atoms with Crippen LogP contribution in [0.2, 0.25) is 5.02 Å². The summed E-state index contributed by atoms with van der Waals surface area (Å²) in [6, 6.07) is 10.5. The van der Waals surface area contributed by atoms with Crippen molar-refractivity contribution in [2.45, 2.75) is 13.2 Å². The molecule has 0 saturated carbocycles. The first-order valence-electron chi connectivity index (χ1n) is 6.10. The van der Waals surface area contributed by atoms with Crippen molar-refractivity contribution in [3.05, 3.63) is 62.8 Å². The highest BCUT2D eigenvalue weighted by atomic mass is 79.9. The topological polar surface area (TPSA) is 21.3 Å². The summed E-state index contributed by atoms with van der Waals surface area (Å²) in [5, 5.41) is 3.21. The van der Waals surface area contributed by atoms with Crippen molar-refractivity contribution in [3.8, 4) is 5.75 Å². The maximum absolute atomic E-state index is 13.4. The Kier molecular flexibility index (Phi) is 5.40. The van der Waals surface area contributed by atoms with E-state index in [2.05, 4.69) is 21.2 Å². The number of ether oxygens (including phenoxy) is 1. The number of hydrogen-bond acceptors (Lipinski definition) is 2. The van der Waals surface area contributed by atoms with E-state index >= 15 is 0 Å². The maximum Gasteiger partial charge on any atom is 0.142 e. The van der Waals surface area contributed by atoms with Gasteiger partial charge in [-0.1, -0.05) is 33.6 Å². The molecule has 20 heavy (non-hydrogen) atoms. The molecule has 1 N–H and O–H groups in total. The number of benzene rings is 2. The zero-order valence-corrected chi connectivity index (χ0v) is 13.3. The van der Waals surface area contributed by atoms with E-state index in [9.17, 15) is 4.39 Å². The number of halogens is 3. The van der Waals surface area contributed by atoms with Gasteiger partial charge in [-0.05, 0) is 42.9 Å². The van der Waals surface area contributed by atoms with Crippen LogP contribution < -0.4 is 10.1 Å². The fourth-order valence-corrected chi connectivity index (χ4v) is 2.33. The van der Waals surface area contributed by atoms with Crippen molar-refractivity contribution in [1.82, 2.24) is 5.32 Å². The Hall–Kier alpha value is -1.10. The van der Waals surface area contributed by atoms with Crippen LogP contribution in [-0.2, 0) is 13.2 Å². The molecule has 2 aromatic rings. The van der Waals surface area contributed by atoms with Gasteiger partial charge in [-0.3, -0.25) is 0 Å². The van der Waals surface area contributed by atoms with Crippen LogP contribution in [0.25, 0.3) is 0 Å². The quantitative estimate of drug-likeness (QED) is 0.847. The first-order chi connectivity index (χ1) is 9.60. The van der Waals surface area contributed by atoms with E-state index in [1.807, 2.05) is 25.2 Å². The SMILES string of the molecule is CNCc1cc(Br)ccc1OCc1ccc(Cl)c(F)c1. The molecule has 2 nitrogen and oxygen atoms in total. The minimum Gasteiger partial charge on any atom is -0.489 e. The molecule has 0 spiro atoms. The third kappa shape index (κ3) is 3.95. The summed E-state index contributed by atoms with van der Waals surface area (Å²) in [5.74, 6) is 0.344. The zero-order valence-electron chi connectivity index (χ0n) is 10.9. The van der Waals surface area contributed by atoms with Gasteiger partial charge in [0.15, 0.2) is 0 Å². The van der Waals surface area contributed by atoms with Gasteiger partial charge in [0.25, 0.3) is 0 Å². The lowest BCUT2D eigenvalue weighted by Crippen LogP contribution is -2.07. The summed E-state index contributed by atoms with van der Waals surface area (Å²) in [4.78, 5) is 0. The highest BCUT2D eigenvalue weighted by Gasteiger charge is 2.06. The van der Waals surface area contributed by atoms with Gasteiger partial charge in [-0.15, -0.1) is 0 Å². The van der Waals surface area contributed by atoms with Crippen LogP contribution in [0.3, 0.4) is 0 Å². The predicted molar refractivity (Wildman–Crippen MR) is 82.6 cm³/mol. The maximum atomic E-state index is 13.4. The van der Waals surface area contributed by atoms with Crippen molar-refractivity contribution in [1.29, 1.82) is 0 Å². The fourth-order valence-electron chi connectivity index (χ4n) is 1.81. The molecule has 0 heterocycles. The summed E-state index contributed by atoms with van der Waals surface area (Å²) in [6.07, 6.45) is 0. The van der Waals surface area contributed by atoms with Crippen LogP contribution in [0.1, 0.15) is 11.1 Å². The van der Waals surface area contributed by atoms with E-state index in [1.165, 1.54) is 12.1 Å².